The summed E-state index contributed by atoms with van der Waals surface area (Å²) in [4.78, 5) is 0. The van der Waals surface area contributed by atoms with E-state index in [1.807, 2.05) is 12.1 Å². The van der Waals surface area contributed by atoms with Crippen molar-refractivity contribution in [3.63, 3.8) is 0 Å². The first kappa shape index (κ1) is 13.5. The lowest BCUT2D eigenvalue weighted by molar-refractivity contribution is 0.411. The van der Waals surface area contributed by atoms with Gasteiger partial charge >= 0.3 is 0 Å². The Morgan fingerprint density at radius 1 is 1.12 bits per heavy atom. The lowest BCUT2D eigenvalue weighted by Gasteiger charge is -2.28. The molecule has 1 aromatic rings. The number of benzene rings is 1. The van der Waals surface area contributed by atoms with E-state index in [-0.39, 0.29) is 0 Å². The molecule has 2 rings (SSSR count). The van der Waals surface area contributed by atoms with Gasteiger partial charge in [0.25, 0.3) is 0 Å². The maximum Gasteiger partial charge on any atom is 0.0721 e. The van der Waals surface area contributed by atoms with Crippen molar-refractivity contribution < 1.29 is 0 Å². The molecule has 0 atom stereocenters. The second-order valence-corrected chi connectivity index (χ2v) is 6.23. The van der Waals surface area contributed by atoms with Crippen molar-refractivity contribution in [1.82, 2.24) is 0 Å². The first-order valence-corrected chi connectivity index (χ1v) is 7.28. The molecule has 3 N–H and O–H groups in total. The number of hydrogen-bond acceptors (Lipinski definition) is 2. The van der Waals surface area contributed by atoms with Crippen LogP contribution >= 0.6 is 39.1 Å². The molecule has 1 aromatic carbocycles. The molecule has 94 valence electrons. The average Bonchev–Trinajstić information content (AvgIpc) is 2.26. The molecule has 0 amide bonds. The number of halogens is 3. The van der Waals surface area contributed by atoms with Crippen molar-refractivity contribution in [2.45, 2.75) is 37.8 Å². The Balaban J connectivity index is 2.08. The molecular weight excluding hydrogens is 323 g/mol. The topological polar surface area (TPSA) is 38.0 Å². The van der Waals surface area contributed by atoms with E-state index in [1.165, 1.54) is 0 Å². The Kier molecular flexibility index (Phi) is 4.59. The van der Waals surface area contributed by atoms with E-state index in [4.69, 9.17) is 28.9 Å². The van der Waals surface area contributed by atoms with Crippen LogP contribution in [0.25, 0.3) is 0 Å². The van der Waals surface area contributed by atoms with Crippen LogP contribution in [0.15, 0.2) is 16.6 Å². The molecule has 0 heterocycles. The first-order valence-electron chi connectivity index (χ1n) is 5.73. The van der Waals surface area contributed by atoms with Crippen molar-refractivity contribution >= 4 is 44.8 Å². The molecule has 1 fully saturated rings. The molecule has 0 aromatic heterocycles. The van der Waals surface area contributed by atoms with Crippen LogP contribution in [0.1, 0.15) is 25.7 Å². The number of rotatable bonds is 2. The van der Waals surface area contributed by atoms with Gasteiger partial charge in [0.05, 0.1) is 15.7 Å². The standard InChI is InChI=1S/C12H15BrCl2N2/c13-7-5-10(14)12(11(15)6-7)17-9-3-1-8(16)2-4-9/h5-6,8-9,17H,1-4,16H2. The summed E-state index contributed by atoms with van der Waals surface area (Å²) < 4.78 is 0.892. The molecule has 2 nitrogen and oxygen atoms in total. The summed E-state index contributed by atoms with van der Waals surface area (Å²) >= 11 is 15.7. The Bertz CT molecular complexity index is 380. The zero-order chi connectivity index (χ0) is 12.4. The van der Waals surface area contributed by atoms with Gasteiger partial charge in [0.15, 0.2) is 0 Å². The lowest BCUT2D eigenvalue weighted by Crippen LogP contribution is -2.32. The third-order valence-electron chi connectivity index (χ3n) is 3.13. The Hall–Kier alpha value is 0.0400. The molecule has 0 radical (unpaired) electrons. The molecule has 1 aliphatic carbocycles. The van der Waals surface area contributed by atoms with Gasteiger partial charge < -0.3 is 11.1 Å². The smallest absolute Gasteiger partial charge is 0.0721 e. The fourth-order valence-corrected chi connectivity index (χ4v) is 3.47. The summed E-state index contributed by atoms with van der Waals surface area (Å²) in [6.45, 7) is 0. The van der Waals surface area contributed by atoms with Gasteiger partial charge in [-0.3, -0.25) is 0 Å². The van der Waals surface area contributed by atoms with Crippen molar-refractivity contribution in [3.05, 3.63) is 26.7 Å². The summed E-state index contributed by atoms with van der Waals surface area (Å²) in [5.41, 5.74) is 6.71. The Morgan fingerprint density at radius 3 is 2.18 bits per heavy atom. The SMILES string of the molecule is NC1CCC(Nc2c(Cl)cc(Br)cc2Cl)CC1. The van der Waals surface area contributed by atoms with Crippen LogP contribution < -0.4 is 11.1 Å². The van der Waals surface area contributed by atoms with Crippen molar-refractivity contribution in [3.8, 4) is 0 Å². The monoisotopic (exact) mass is 336 g/mol. The van der Waals surface area contributed by atoms with Crippen molar-refractivity contribution in [1.29, 1.82) is 0 Å². The lowest BCUT2D eigenvalue weighted by atomic mass is 9.91. The van der Waals surface area contributed by atoms with E-state index >= 15 is 0 Å². The molecule has 5 heteroatoms. The molecule has 17 heavy (non-hydrogen) atoms. The second kappa shape index (κ2) is 5.79. The zero-order valence-corrected chi connectivity index (χ0v) is 12.4. The first-order chi connectivity index (χ1) is 8.06. The average molecular weight is 338 g/mol. The zero-order valence-electron chi connectivity index (χ0n) is 9.35. The molecule has 1 saturated carbocycles. The minimum atomic E-state index is 0.351. The summed E-state index contributed by atoms with van der Waals surface area (Å²) in [5, 5.41) is 4.73. The van der Waals surface area contributed by atoms with E-state index in [1.54, 1.807) is 0 Å². The molecule has 0 aliphatic heterocycles. The number of nitrogens with one attached hydrogen (secondary N) is 1. The second-order valence-electron chi connectivity index (χ2n) is 4.50. The third kappa shape index (κ3) is 3.50. The summed E-state index contributed by atoms with van der Waals surface area (Å²) in [6.07, 6.45) is 4.26. The van der Waals surface area contributed by atoms with Crippen LogP contribution in [0.4, 0.5) is 5.69 Å². The van der Waals surface area contributed by atoms with Gasteiger partial charge in [-0.25, -0.2) is 0 Å². The molecule has 0 saturated heterocycles. The minimum absolute atomic E-state index is 0.351. The minimum Gasteiger partial charge on any atom is -0.380 e. The van der Waals surface area contributed by atoms with Gasteiger partial charge in [-0.15, -0.1) is 0 Å². The molecule has 1 aliphatic rings. The number of anilines is 1. The van der Waals surface area contributed by atoms with Gasteiger partial charge in [0.2, 0.25) is 0 Å². The normalized spacial score (nSPS) is 24.7. The number of hydrogen-bond donors (Lipinski definition) is 2. The van der Waals surface area contributed by atoms with Crippen LogP contribution in [0.5, 0.6) is 0 Å². The van der Waals surface area contributed by atoms with Gasteiger partial charge in [-0.2, -0.15) is 0 Å². The summed E-state index contributed by atoms with van der Waals surface area (Å²) in [7, 11) is 0. The van der Waals surface area contributed by atoms with E-state index < -0.39 is 0 Å². The molecule has 0 spiro atoms. The molecule has 0 unspecified atom stereocenters. The number of nitrogens with two attached hydrogens (primary N) is 1. The Morgan fingerprint density at radius 2 is 1.65 bits per heavy atom. The van der Waals surface area contributed by atoms with Gasteiger partial charge in [-0.1, -0.05) is 39.1 Å². The molecular formula is C12H15BrCl2N2. The van der Waals surface area contributed by atoms with Crippen LogP contribution in [-0.4, -0.2) is 12.1 Å². The van der Waals surface area contributed by atoms with Crippen LogP contribution in [0, 0.1) is 0 Å². The van der Waals surface area contributed by atoms with Crippen molar-refractivity contribution in [2.24, 2.45) is 5.73 Å². The fourth-order valence-electron chi connectivity index (χ4n) is 2.15. The molecule has 0 bridgehead atoms. The highest BCUT2D eigenvalue weighted by molar-refractivity contribution is 9.10. The Labute approximate surface area is 120 Å². The largest absolute Gasteiger partial charge is 0.380 e. The van der Waals surface area contributed by atoms with Crippen LogP contribution in [-0.2, 0) is 0 Å². The van der Waals surface area contributed by atoms with Crippen molar-refractivity contribution in [2.75, 3.05) is 5.32 Å². The quantitative estimate of drug-likeness (QED) is 0.837. The highest BCUT2D eigenvalue weighted by Crippen LogP contribution is 2.35. The fraction of sp³-hybridized carbons (Fsp3) is 0.500. The van der Waals surface area contributed by atoms with Gasteiger partial charge in [-0.05, 0) is 37.8 Å². The predicted octanol–water partition coefficient (Wildman–Crippen LogP) is 4.44. The van der Waals surface area contributed by atoms with Crippen LogP contribution in [0.3, 0.4) is 0 Å². The third-order valence-corrected chi connectivity index (χ3v) is 4.18. The maximum atomic E-state index is 6.18. The van der Waals surface area contributed by atoms with Crippen LogP contribution in [0.2, 0.25) is 10.0 Å². The van der Waals surface area contributed by atoms with E-state index in [0.29, 0.717) is 22.1 Å². The highest BCUT2D eigenvalue weighted by atomic mass is 79.9. The summed E-state index contributed by atoms with van der Waals surface area (Å²) in [6, 6.07) is 4.48. The van der Waals surface area contributed by atoms with Gasteiger partial charge in [0.1, 0.15) is 0 Å². The predicted molar refractivity (Wildman–Crippen MR) is 78.0 cm³/mol. The van der Waals surface area contributed by atoms with E-state index in [0.717, 1.165) is 35.8 Å². The highest BCUT2D eigenvalue weighted by Gasteiger charge is 2.20. The van der Waals surface area contributed by atoms with E-state index in [2.05, 4.69) is 21.2 Å². The maximum absolute atomic E-state index is 6.18. The summed E-state index contributed by atoms with van der Waals surface area (Å²) in [5.74, 6) is 0. The van der Waals surface area contributed by atoms with Gasteiger partial charge in [0, 0.05) is 16.6 Å². The van der Waals surface area contributed by atoms with E-state index in [9.17, 15) is 0 Å².